The van der Waals surface area contributed by atoms with Crippen molar-refractivity contribution in [3.8, 4) is 0 Å². The summed E-state index contributed by atoms with van der Waals surface area (Å²) >= 11 is 0. The van der Waals surface area contributed by atoms with Gasteiger partial charge in [-0.25, -0.2) is 0 Å². The van der Waals surface area contributed by atoms with Crippen molar-refractivity contribution in [1.82, 2.24) is 4.90 Å². The number of carbonyl (C=O) groups is 1. The van der Waals surface area contributed by atoms with Crippen molar-refractivity contribution in [2.75, 3.05) is 7.11 Å². The van der Waals surface area contributed by atoms with Crippen LogP contribution in [0.4, 0.5) is 0 Å². The lowest BCUT2D eigenvalue weighted by atomic mass is 9.94. The van der Waals surface area contributed by atoms with E-state index in [-0.39, 0.29) is 11.4 Å². The minimum Gasteiger partial charge on any atom is -0.397 e. The highest BCUT2D eigenvalue weighted by atomic mass is 16.6. The Morgan fingerprint density at radius 3 is 2.47 bits per heavy atom. The number of rotatable bonds is 2. The molecule has 84 valence electrons. The highest BCUT2D eigenvalue weighted by Gasteiger charge is 2.45. The van der Waals surface area contributed by atoms with Gasteiger partial charge in [-0.1, -0.05) is 18.2 Å². The molecular weight excluding hydrogens is 192 g/mol. The molecule has 1 rings (SSSR count). The molecule has 0 N–H and O–H groups in total. The maximum Gasteiger partial charge on any atom is 0.263 e. The minimum absolute atomic E-state index is 0.0279. The summed E-state index contributed by atoms with van der Waals surface area (Å²) in [4.78, 5) is 18.2. The van der Waals surface area contributed by atoms with Crippen LogP contribution < -0.4 is 0 Å². The Morgan fingerprint density at radius 2 is 2.07 bits per heavy atom. The first-order valence-corrected chi connectivity index (χ1v) is 5.09. The van der Waals surface area contributed by atoms with Gasteiger partial charge in [0.2, 0.25) is 0 Å². The van der Waals surface area contributed by atoms with Crippen LogP contribution in [0.3, 0.4) is 0 Å². The van der Waals surface area contributed by atoms with Crippen molar-refractivity contribution in [2.24, 2.45) is 5.16 Å². The Bertz CT molecular complexity index is 324. The second-order valence-corrected chi connectivity index (χ2v) is 4.43. The molecule has 0 unspecified atom stereocenters. The van der Waals surface area contributed by atoms with Gasteiger partial charge in [0.25, 0.3) is 5.91 Å². The van der Waals surface area contributed by atoms with Gasteiger partial charge >= 0.3 is 0 Å². The van der Waals surface area contributed by atoms with Gasteiger partial charge in [0.05, 0.1) is 5.57 Å². The first kappa shape index (κ1) is 11.8. The Balaban J connectivity index is 3.01. The standard InChI is InChI=1S/C11H18N2O2/c1-6-7-8-9(12-15-5)13(10(8)14)11(2,3)4/h7H,6H2,1-5H3. The molecule has 1 heterocycles. The molecule has 0 radical (unpaired) electrons. The molecule has 1 aliphatic rings. The fraction of sp³-hybridized carbons (Fsp3) is 0.636. The zero-order valence-corrected chi connectivity index (χ0v) is 10.00. The van der Waals surface area contributed by atoms with Crippen molar-refractivity contribution in [1.29, 1.82) is 0 Å². The molecular formula is C11H18N2O2. The Labute approximate surface area is 90.6 Å². The van der Waals surface area contributed by atoms with Gasteiger partial charge in [0, 0.05) is 5.54 Å². The van der Waals surface area contributed by atoms with Crippen molar-refractivity contribution in [3.05, 3.63) is 11.6 Å². The number of nitrogens with zero attached hydrogens (tertiary/aromatic N) is 2. The maximum absolute atomic E-state index is 11.8. The van der Waals surface area contributed by atoms with E-state index in [2.05, 4.69) is 5.16 Å². The number of allylic oxidation sites excluding steroid dienone is 1. The van der Waals surface area contributed by atoms with Crippen molar-refractivity contribution >= 4 is 11.7 Å². The van der Waals surface area contributed by atoms with Crippen molar-refractivity contribution in [3.63, 3.8) is 0 Å². The van der Waals surface area contributed by atoms with Crippen molar-refractivity contribution in [2.45, 2.75) is 39.7 Å². The molecule has 0 bridgehead atoms. The Kier molecular flexibility index (Phi) is 3.17. The van der Waals surface area contributed by atoms with E-state index in [0.29, 0.717) is 11.4 Å². The first-order chi connectivity index (χ1) is 6.93. The summed E-state index contributed by atoms with van der Waals surface area (Å²) in [5.74, 6) is 0.664. The lowest BCUT2D eigenvalue weighted by molar-refractivity contribution is -0.129. The third kappa shape index (κ3) is 2.03. The number of likely N-dealkylation sites (tertiary alicyclic amines) is 1. The predicted molar refractivity (Wildman–Crippen MR) is 59.4 cm³/mol. The van der Waals surface area contributed by atoms with Gasteiger partial charge < -0.3 is 4.84 Å². The van der Waals surface area contributed by atoms with E-state index < -0.39 is 0 Å². The fourth-order valence-electron chi connectivity index (χ4n) is 1.56. The molecule has 0 atom stereocenters. The second-order valence-electron chi connectivity index (χ2n) is 4.43. The number of hydrogen-bond donors (Lipinski definition) is 0. The summed E-state index contributed by atoms with van der Waals surface area (Å²) in [6.45, 7) is 7.90. The van der Waals surface area contributed by atoms with Gasteiger partial charge in [-0.3, -0.25) is 9.69 Å². The largest absolute Gasteiger partial charge is 0.397 e. The third-order valence-corrected chi connectivity index (χ3v) is 2.14. The molecule has 0 spiro atoms. The Morgan fingerprint density at radius 1 is 1.47 bits per heavy atom. The van der Waals surface area contributed by atoms with Crippen LogP contribution in [-0.2, 0) is 9.63 Å². The van der Waals surface area contributed by atoms with Gasteiger partial charge in [-0.15, -0.1) is 0 Å². The molecule has 0 aromatic rings. The summed E-state index contributed by atoms with van der Waals surface area (Å²) in [7, 11) is 1.49. The zero-order valence-electron chi connectivity index (χ0n) is 10.00. The van der Waals surface area contributed by atoms with Crippen LogP contribution in [-0.4, -0.2) is 29.3 Å². The van der Waals surface area contributed by atoms with Crippen LogP contribution in [0.15, 0.2) is 16.8 Å². The summed E-state index contributed by atoms with van der Waals surface area (Å²) in [5.41, 5.74) is 0.411. The predicted octanol–water partition coefficient (Wildman–Crippen LogP) is 1.92. The summed E-state index contributed by atoms with van der Waals surface area (Å²) in [5, 5.41) is 3.88. The molecule has 4 heteroatoms. The normalized spacial score (nSPS) is 22.2. The average Bonchev–Trinajstić information content (AvgIpc) is 2.11. The maximum atomic E-state index is 11.8. The molecule has 1 amide bonds. The molecule has 0 aliphatic carbocycles. The molecule has 1 aliphatic heterocycles. The zero-order chi connectivity index (χ0) is 11.6. The van der Waals surface area contributed by atoms with Gasteiger partial charge in [0.1, 0.15) is 7.11 Å². The number of hydrogen-bond acceptors (Lipinski definition) is 3. The molecule has 0 aromatic heterocycles. The number of amidine groups is 1. The Hall–Kier alpha value is -1.32. The molecule has 15 heavy (non-hydrogen) atoms. The lowest BCUT2D eigenvalue weighted by Crippen LogP contribution is -2.60. The van der Waals surface area contributed by atoms with Crippen LogP contribution in [0.25, 0.3) is 0 Å². The van der Waals surface area contributed by atoms with Gasteiger partial charge in [-0.05, 0) is 27.2 Å². The molecule has 0 aromatic carbocycles. The van der Waals surface area contributed by atoms with Crippen LogP contribution in [0.2, 0.25) is 0 Å². The number of oxime groups is 1. The number of β-lactam (4-membered cyclic amide) rings is 1. The number of carbonyl (C=O) groups excluding carboxylic acids is 1. The van der Waals surface area contributed by atoms with E-state index in [1.165, 1.54) is 7.11 Å². The molecule has 4 nitrogen and oxygen atoms in total. The van der Waals surface area contributed by atoms with Crippen LogP contribution in [0, 0.1) is 0 Å². The summed E-state index contributed by atoms with van der Waals surface area (Å²) in [6.07, 6.45) is 2.70. The topological polar surface area (TPSA) is 41.9 Å². The second kappa shape index (κ2) is 4.04. The SMILES string of the molecule is CCC=C1C(=O)N(C(C)(C)C)C1=NOC. The molecule has 0 saturated carbocycles. The smallest absolute Gasteiger partial charge is 0.263 e. The minimum atomic E-state index is -0.250. The van der Waals surface area contributed by atoms with Gasteiger partial charge in [0.15, 0.2) is 5.84 Å². The first-order valence-electron chi connectivity index (χ1n) is 5.09. The highest BCUT2D eigenvalue weighted by molar-refractivity contribution is 6.35. The highest BCUT2D eigenvalue weighted by Crippen LogP contribution is 2.29. The monoisotopic (exact) mass is 210 g/mol. The van der Waals surface area contributed by atoms with E-state index in [4.69, 9.17) is 4.84 Å². The van der Waals surface area contributed by atoms with Crippen molar-refractivity contribution < 1.29 is 9.63 Å². The molecule has 1 saturated heterocycles. The van der Waals surface area contributed by atoms with E-state index in [1.54, 1.807) is 4.90 Å². The van der Waals surface area contributed by atoms with E-state index in [9.17, 15) is 4.79 Å². The van der Waals surface area contributed by atoms with E-state index >= 15 is 0 Å². The summed E-state index contributed by atoms with van der Waals surface area (Å²) in [6, 6.07) is 0. The van der Waals surface area contributed by atoms with Crippen LogP contribution >= 0.6 is 0 Å². The van der Waals surface area contributed by atoms with E-state index in [1.807, 2.05) is 33.8 Å². The fourth-order valence-corrected chi connectivity index (χ4v) is 1.56. The van der Waals surface area contributed by atoms with Crippen LogP contribution in [0.5, 0.6) is 0 Å². The quantitative estimate of drug-likeness (QED) is 0.397. The van der Waals surface area contributed by atoms with E-state index in [0.717, 1.165) is 6.42 Å². The third-order valence-electron chi connectivity index (χ3n) is 2.14. The summed E-state index contributed by atoms with van der Waals surface area (Å²) < 4.78 is 0. The lowest BCUT2D eigenvalue weighted by Gasteiger charge is -2.43. The molecule has 1 fully saturated rings. The van der Waals surface area contributed by atoms with Gasteiger partial charge in [-0.2, -0.15) is 0 Å². The average molecular weight is 210 g/mol. The van der Waals surface area contributed by atoms with Crippen LogP contribution in [0.1, 0.15) is 34.1 Å². The number of amides is 1.